The lowest BCUT2D eigenvalue weighted by atomic mass is 10.2. The maximum absolute atomic E-state index is 11.6. The van der Waals surface area contributed by atoms with Crippen LogP contribution in [0.25, 0.3) is 0 Å². The molecule has 0 saturated carbocycles. The highest BCUT2D eigenvalue weighted by molar-refractivity contribution is 5.81. The molecule has 0 aliphatic carbocycles. The van der Waals surface area contributed by atoms with Crippen LogP contribution >= 0.6 is 0 Å². The number of esters is 2. The van der Waals surface area contributed by atoms with Gasteiger partial charge in [-0.1, -0.05) is 0 Å². The van der Waals surface area contributed by atoms with E-state index in [1.54, 1.807) is 50.1 Å². The smallest absolute Gasteiger partial charge is 0.325 e. The van der Waals surface area contributed by atoms with E-state index in [-0.39, 0.29) is 13.1 Å². The second-order valence-corrected chi connectivity index (χ2v) is 4.16. The number of carbonyl (C=O) groups is 2. The molecule has 0 N–H and O–H groups in total. The summed E-state index contributed by atoms with van der Waals surface area (Å²) >= 11 is 0. The summed E-state index contributed by atoms with van der Waals surface area (Å²) in [7, 11) is 1.57. The van der Waals surface area contributed by atoms with Crippen LogP contribution in [0.5, 0.6) is 5.75 Å². The topological polar surface area (TPSA) is 65.1 Å². The van der Waals surface area contributed by atoms with Crippen molar-refractivity contribution >= 4 is 17.6 Å². The van der Waals surface area contributed by atoms with Gasteiger partial charge in [0.1, 0.15) is 18.8 Å². The van der Waals surface area contributed by atoms with Crippen molar-refractivity contribution in [3.63, 3.8) is 0 Å². The van der Waals surface area contributed by atoms with Gasteiger partial charge in [0, 0.05) is 5.69 Å². The molecule has 1 rings (SSSR count). The molecule has 21 heavy (non-hydrogen) atoms. The summed E-state index contributed by atoms with van der Waals surface area (Å²) in [5.41, 5.74) is 0.719. The van der Waals surface area contributed by atoms with Crippen LogP contribution in [-0.4, -0.2) is 45.4 Å². The number of carbonyl (C=O) groups excluding carboxylic acids is 2. The molecule has 0 bridgehead atoms. The minimum absolute atomic E-state index is 0.0149. The molecule has 0 radical (unpaired) electrons. The van der Waals surface area contributed by atoms with Crippen LogP contribution in [0.3, 0.4) is 0 Å². The van der Waals surface area contributed by atoms with E-state index in [4.69, 9.17) is 14.2 Å². The number of hydrogen-bond acceptors (Lipinski definition) is 6. The molecule has 0 aliphatic heterocycles. The SMILES string of the molecule is CCOC(=O)CN(CC(=O)OCC)c1ccc(OC)cc1. The van der Waals surface area contributed by atoms with Gasteiger partial charge < -0.3 is 19.1 Å². The van der Waals surface area contributed by atoms with E-state index in [0.717, 1.165) is 5.69 Å². The van der Waals surface area contributed by atoms with E-state index in [0.29, 0.717) is 19.0 Å². The number of methoxy groups -OCH3 is 1. The lowest BCUT2D eigenvalue weighted by Gasteiger charge is -2.22. The Kier molecular flexibility index (Phi) is 7.08. The molecule has 1 aromatic rings. The minimum Gasteiger partial charge on any atom is -0.497 e. The van der Waals surface area contributed by atoms with Gasteiger partial charge in [0.15, 0.2) is 0 Å². The van der Waals surface area contributed by atoms with Crippen LogP contribution in [0.1, 0.15) is 13.8 Å². The summed E-state index contributed by atoms with van der Waals surface area (Å²) in [5.74, 6) is -0.0822. The Balaban J connectivity index is 2.82. The van der Waals surface area contributed by atoms with Crippen molar-refractivity contribution in [3.05, 3.63) is 24.3 Å². The van der Waals surface area contributed by atoms with E-state index < -0.39 is 11.9 Å². The third kappa shape index (κ3) is 5.72. The van der Waals surface area contributed by atoms with Crippen molar-refractivity contribution in [1.82, 2.24) is 0 Å². The molecule has 0 aliphatic rings. The van der Waals surface area contributed by atoms with Gasteiger partial charge in [-0.3, -0.25) is 9.59 Å². The molecule has 0 saturated heterocycles. The second kappa shape index (κ2) is 8.84. The molecule has 0 aromatic heterocycles. The fourth-order valence-electron chi connectivity index (χ4n) is 1.76. The van der Waals surface area contributed by atoms with Gasteiger partial charge in [0.2, 0.25) is 0 Å². The summed E-state index contributed by atoms with van der Waals surface area (Å²) in [5, 5.41) is 0. The minimum atomic E-state index is -0.391. The van der Waals surface area contributed by atoms with Crippen molar-refractivity contribution in [2.24, 2.45) is 0 Å². The first-order valence-electron chi connectivity index (χ1n) is 6.80. The van der Waals surface area contributed by atoms with Crippen LogP contribution in [0, 0.1) is 0 Å². The molecule has 116 valence electrons. The fourth-order valence-corrected chi connectivity index (χ4v) is 1.76. The summed E-state index contributed by atoms with van der Waals surface area (Å²) in [6.45, 7) is 4.04. The second-order valence-electron chi connectivity index (χ2n) is 4.16. The lowest BCUT2D eigenvalue weighted by molar-refractivity contribution is -0.142. The van der Waals surface area contributed by atoms with Crippen molar-refractivity contribution in [2.75, 3.05) is 38.3 Å². The first-order chi connectivity index (χ1) is 10.1. The molecule has 0 heterocycles. The highest BCUT2D eigenvalue weighted by Crippen LogP contribution is 2.19. The van der Waals surface area contributed by atoms with Crippen molar-refractivity contribution in [1.29, 1.82) is 0 Å². The van der Waals surface area contributed by atoms with Gasteiger partial charge in [0.25, 0.3) is 0 Å². The largest absolute Gasteiger partial charge is 0.497 e. The Hall–Kier alpha value is -2.24. The Bertz CT molecular complexity index is 438. The van der Waals surface area contributed by atoms with Crippen LogP contribution in [0.15, 0.2) is 24.3 Å². The predicted octanol–water partition coefficient (Wildman–Crippen LogP) is 1.63. The molecule has 1 aromatic carbocycles. The molecule has 0 unspecified atom stereocenters. The van der Waals surface area contributed by atoms with Crippen LogP contribution in [0.2, 0.25) is 0 Å². The summed E-state index contributed by atoms with van der Waals surface area (Å²) < 4.78 is 14.9. The predicted molar refractivity (Wildman–Crippen MR) is 78.5 cm³/mol. The van der Waals surface area contributed by atoms with Crippen LogP contribution in [0.4, 0.5) is 5.69 Å². The zero-order chi connectivity index (χ0) is 15.7. The van der Waals surface area contributed by atoms with Gasteiger partial charge in [0.05, 0.1) is 20.3 Å². The van der Waals surface area contributed by atoms with Crippen molar-refractivity contribution in [2.45, 2.75) is 13.8 Å². The Morgan fingerprint density at radius 1 is 0.952 bits per heavy atom. The first kappa shape index (κ1) is 16.8. The quantitative estimate of drug-likeness (QED) is 0.679. The summed E-state index contributed by atoms with van der Waals surface area (Å²) in [4.78, 5) is 24.9. The normalized spacial score (nSPS) is 9.86. The average Bonchev–Trinajstić information content (AvgIpc) is 2.47. The third-order valence-electron chi connectivity index (χ3n) is 2.69. The number of nitrogens with zero attached hydrogens (tertiary/aromatic N) is 1. The standard InChI is InChI=1S/C15H21NO5/c1-4-20-14(17)10-16(11-15(18)21-5-2)12-6-8-13(19-3)9-7-12/h6-9H,4-5,10-11H2,1-3H3. The van der Waals surface area contributed by atoms with Crippen LogP contribution < -0.4 is 9.64 Å². The summed E-state index contributed by atoms with van der Waals surface area (Å²) in [6, 6.07) is 7.08. The fraction of sp³-hybridized carbons (Fsp3) is 0.467. The third-order valence-corrected chi connectivity index (χ3v) is 2.69. The first-order valence-corrected chi connectivity index (χ1v) is 6.80. The molecule has 0 fully saturated rings. The van der Waals surface area contributed by atoms with Gasteiger partial charge in [-0.2, -0.15) is 0 Å². The Labute approximate surface area is 124 Å². The monoisotopic (exact) mass is 295 g/mol. The van der Waals surface area contributed by atoms with Crippen molar-refractivity contribution < 1.29 is 23.8 Å². The molecule has 0 amide bonds. The summed E-state index contributed by atoms with van der Waals surface area (Å²) in [6.07, 6.45) is 0. The number of benzene rings is 1. The van der Waals surface area contributed by atoms with E-state index in [1.807, 2.05) is 0 Å². The van der Waals surface area contributed by atoms with Gasteiger partial charge in [-0.15, -0.1) is 0 Å². The van der Waals surface area contributed by atoms with E-state index in [2.05, 4.69) is 0 Å². The van der Waals surface area contributed by atoms with Gasteiger partial charge in [-0.25, -0.2) is 0 Å². The Morgan fingerprint density at radius 3 is 1.81 bits per heavy atom. The Morgan fingerprint density at radius 2 is 1.43 bits per heavy atom. The number of rotatable bonds is 8. The number of hydrogen-bond donors (Lipinski definition) is 0. The van der Waals surface area contributed by atoms with Crippen LogP contribution in [-0.2, 0) is 19.1 Å². The average molecular weight is 295 g/mol. The molecular formula is C15H21NO5. The number of ether oxygens (including phenoxy) is 3. The van der Waals surface area contributed by atoms with E-state index >= 15 is 0 Å². The van der Waals surface area contributed by atoms with Crippen molar-refractivity contribution in [3.8, 4) is 5.75 Å². The highest BCUT2D eigenvalue weighted by Gasteiger charge is 2.16. The zero-order valence-electron chi connectivity index (χ0n) is 12.6. The zero-order valence-corrected chi connectivity index (χ0v) is 12.6. The highest BCUT2D eigenvalue weighted by atomic mass is 16.5. The van der Waals surface area contributed by atoms with Gasteiger partial charge >= 0.3 is 11.9 Å². The number of anilines is 1. The molecule has 6 heteroatoms. The molecule has 0 atom stereocenters. The van der Waals surface area contributed by atoms with Gasteiger partial charge in [-0.05, 0) is 38.1 Å². The molecule has 6 nitrogen and oxygen atoms in total. The maximum Gasteiger partial charge on any atom is 0.325 e. The van der Waals surface area contributed by atoms with E-state index in [1.165, 1.54) is 0 Å². The molecule has 0 spiro atoms. The maximum atomic E-state index is 11.6. The van der Waals surface area contributed by atoms with E-state index in [9.17, 15) is 9.59 Å². The lowest BCUT2D eigenvalue weighted by Crippen LogP contribution is -2.36. The molecular weight excluding hydrogens is 274 g/mol.